The normalized spacial score (nSPS) is 15.6. The Labute approximate surface area is 245 Å². The number of aromatic nitrogens is 3. The Balaban J connectivity index is 1.53. The first-order valence-electron chi connectivity index (χ1n) is 11.1. The zero-order valence-electron chi connectivity index (χ0n) is 19.7. The molecule has 1 amide bonds. The van der Waals surface area contributed by atoms with Gasteiger partial charge < -0.3 is 5.11 Å². The second kappa shape index (κ2) is 11.0. The number of thioether (sulfide) groups is 1. The molecule has 2 aromatic carbocycles. The molecular weight excluding hydrogens is 607 g/mol. The van der Waals surface area contributed by atoms with Crippen LogP contribution in [0.3, 0.4) is 0 Å². The maximum atomic E-state index is 13.7. The lowest BCUT2D eigenvalue weighted by atomic mass is 9.95. The van der Waals surface area contributed by atoms with Crippen molar-refractivity contribution < 1.29 is 14.7 Å². The van der Waals surface area contributed by atoms with Crippen molar-refractivity contribution in [3.05, 3.63) is 95.6 Å². The fraction of sp³-hybridized carbons (Fsp3) is 0.160. The lowest BCUT2D eigenvalue weighted by Gasteiger charge is -2.24. The Hall–Kier alpha value is -2.47. The first-order chi connectivity index (χ1) is 18.2. The van der Waals surface area contributed by atoms with Crippen LogP contribution in [0, 0.1) is 13.8 Å². The van der Waals surface area contributed by atoms with Gasteiger partial charge >= 0.3 is 0 Å². The molecule has 0 saturated heterocycles. The summed E-state index contributed by atoms with van der Waals surface area (Å²) in [5, 5.41) is 21.6. The summed E-state index contributed by atoms with van der Waals surface area (Å²) in [6.45, 7) is 3.50. The highest BCUT2D eigenvalue weighted by Crippen LogP contribution is 2.45. The van der Waals surface area contributed by atoms with Gasteiger partial charge in [0.25, 0.3) is 5.91 Å². The van der Waals surface area contributed by atoms with Crippen molar-refractivity contribution in [3.8, 4) is 0 Å². The molecule has 38 heavy (non-hydrogen) atoms. The molecule has 0 aliphatic carbocycles. The number of aliphatic hydroxyl groups excluding tert-OH is 1. The van der Waals surface area contributed by atoms with Crippen LogP contribution in [0.4, 0.5) is 5.13 Å². The number of thiazole rings is 1. The van der Waals surface area contributed by atoms with Gasteiger partial charge in [-0.1, -0.05) is 82.2 Å². The summed E-state index contributed by atoms with van der Waals surface area (Å²) in [6, 6.07) is 11.3. The van der Waals surface area contributed by atoms with Gasteiger partial charge in [0.05, 0.1) is 37.2 Å². The third kappa shape index (κ3) is 5.09. The number of carbonyl (C=O) groups excluding carboxylic acids is 2. The number of Topliss-reactive ketones (excluding diaryl/α,β-unsaturated/α-hetero) is 1. The lowest BCUT2D eigenvalue weighted by Crippen LogP contribution is -2.31. The molecule has 1 aliphatic heterocycles. The number of rotatable bonds is 7. The standard InChI is InChI=1S/C25H17Cl3N4O3S3/c1-11-22(37-12(2)29-11)20(33)18-19(13-7-8-16(27)17(28)9-13)32(23(35)21(18)34)24-30-31-25(38-24)36-10-14-5-3-4-6-15(14)26/h3-9,19,34H,10H2,1-2H3. The smallest absolute Gasteiger partial charge is 0.296 e. The molecule has 7 nitrogen and oxygen atoms in total. The van der Waals surface area contributed by atoms with E-state index in [4.69, 9.17) is 34.8 Å². The Morgan fingerprint density at radius 3 is 2.50 bits per heavy atom. The number of hydrogen-bond donors (Lipinski definition) is 1. The van der Waals surface area contributed by atoms with Crippen LogP contribution in [0.15, 0.2) is 58.1 Å². The zero-order chi connectivity index (χ0) is 27.1. The molecule has 2 aromatic heterocycles. The summed E-state index contributed by atoms with van der Waals surface area (Å²) in [6.07, 6.45) is 0. The number of halogens is 3. The number of anilines is 1. The monoisotopic (exact) mass is 622 g/mol. The van der Waals surface area contributed by atoms with Gasteiger partial charge in [0.1, 0.15) is 0 Å². The third-order valence-corrected chi connectivity index (χ3v) is 10.0. The Morgan fingerprint density at radius 1 is 1.05 bits per heavy atom. The number of carbonyl (C=O) groups is 2. The highest BCUT2D eigenvalue weighted by molar-refractivity contribution is 8.00. The highest BCUT2D eigenvalue weighted by atomic mass is 35.5. The average Bonchev–Trinajstić information content (AvgIpc) is 3.56. The largest absolute Gasteiger partial charge is 0.503 e. The van der Waals surface area contributed by atoms with E-state index < -0.39 is 23.5 Å². The van der Waals surface area contributed by atoms with Gasteiger partial charge in [-0.3, -0.25) is 14.5 Å². The molecule has 1 N–H and O–H groups in total. The molecule has 4 aromatic rings. The molecule has 3 heterocycles. The summed E-state index contributed by atoms with van der Waals surface area (Å²) in [5.41, 5.74) is 1.86. The van der Waals surface area contributed by atoms with Crippen molar-refractivity contribution in [2.45, 2.75) is 30.0 Å². The first kappa shape index (κ1) is 27.1. The lowest BCUT2D eigenvalue weighted by molar-refractivity contribution is -0.117. The van der Waals surface area contributed by atoms with Crippen molar-refractivity contribution in [1.29, 1.82) is 0 Å². The van der Waals surface area contributed by atoms with Crippen LogP contribution in [-0.2, 0) is 10.5 Å². The minimum Gasteiger partial charge on any atom is -0.503 e. The van der Waals surface area contributed by atoms with Gasteiger partial charge in [-0.15, -0.1) is 21.5 Å². The van der Waals surface area contributed by atoms with Crippen LogP contribution in [0.25, 0.3) is 0 Å². The Morgan fingerprint density at radius 2 is 1.82 bits per heavy atom. The predicted molar refractivity (Wildman–Crippen MR) is 153 cm³/mol. The molecule has 0 spiro atoms. The van der Waals surface area contributed by atoms with E-state index >= 15 is 0 Å². The topological polar surface area (TPSA) is 96.3 Å². The highest BCUT2D eigenvalue weighted by Gasteiger charge is 2.46. The predicted octanol–water partition coefficient (Wildman–Crippen LogP) is 7.65. The van der Waals surface area contributed by atoms with E-state index in [9.17, 15) is 14.7 Å². The maximum Gasteiger partial charge on any atom is 0.296 e. The number of hydrogen-bond acceptors (Lipinski definition) is 9. The molecular formula is C25H17Cl3N4O3S3. The molecule has 0 saturated carbocycles. The molecule has 1 atom stereocenters. The minimum atomic E-state index is -0.999. The van der Waals surface area contributed by atoms with E-state index in [0.29, 0.717) is 41.3 Å². The van der Waals surface area contributed by atoms with E-state index in [1.165, 1.54) is 39.3 Å². The second-order valence-electron chi connectivity index (χ2n) is 8.22. The average molecular weight is 624 g/mol. The van der Waals surface area contributed by atoms with E-state index in [0.717, 1.165) is 5.56 Å². The van der Waals surface area contributed by atoms with E-state index in [1.807, 2.05) is 24.3 Å². The molecule has 13 heteroatoms. The van der Waals surface area contributed by atoms with Crippen LogP contribution in [0.5, 0.6) is 0 Å². The summed E-state index contributed by atoms with van der Waals surface area (Å²) in [5.74, 6) is -1.36. The quantitative estimate of drug-likeness (QED) is 0.128. The number of aliphatic hydroxyl groups is 1. The van der Waals surface area contributed by atoms with Gasteiger partial charge in [0, 0.05) is 10.8 Å². The van der Waals surface area contributed by atoms with Crippen LogP contribution < -0.4 is 4.90 Å². The van der Waals surface area contributed by atoms with E-state index in [-0.39, 0.29) is 15.7 Å². The van der Waals surface area contributed by atoms with Crippen molar-refractivity contribution in [2.24, 2.45) is 0 Å². The molecule has 0 fully saturated rings. The zero-order valence-corrected chi connectivity index (χ0v) is 24.5. The first-order valence-corrected chi connectivity index (χ1v) is 14.8. The number of benzene rings is 2. The summed E-state index contributed by atoms with van der Waals surface area (Å²) in [7, 11) is 0. The summed E-state index contributed by atoms with van der Waals surface area (Å²) < 4.78 is 0.591. The van der Waals surface area contributed by atoms with Crippen molar-refractivity contribution in [3.63, 3.8) is 0 Å². The van der Waals surface area contributed by atoms with Gasteiger partial charge in [-0.2, -0.15) is 0 Å². The van der Waals surface area contributed by atoms with Crippen molar-refractivity contribution in [2.75, 3.05) is 4.90 Å². The number of aryl methyl sites for hydroxylation is 2. The summed E-state index contributed by atoms with van der Waals surface area (Å²) >= 11 is 22.5. The third-order valence-electron chi connectivity index (χ3n) is 5.73. The van der Waals surface area contributed by atoms with Crippen LogP contribution in [0.2, 0.25) is 15.1 Å². The summed E-state index contributed by atoms with van der Waals surface area (Å²) in [4.78, 5) is 33.1. The van der Waals surface area contributed by atoms with Gasteiger partial charge in [-0.25, -0.2) is 4.98 Å². The fourth-order valence-electron chi connectivity index (χ4n) is 4.01. The number of nitrogens with zero attached hydrogens (tertiary/aromatic N) is 4. The minimum absolute atomic E-state index is 0.0828. The molecule has 0 bridgehead atoms. The van der Waals surface area contributed by atoms with Crippen LogP contribution in [0.1, 0.15) is 37.5 Å². The molecule has 1 aliphatic rings. The number of ketones is 1. The fourth-order valence-corrected chi connectivity index (χ4v) is 7.34. The molecule has 0 radical (unpaired) electrons. The maximum absolute atomic E-state index is 13.7. The van der Waals surface area contributed by atoms with Gasteiger partial charge in [0.2, 0.25) is 10.9 Å². The second-order valence-corrected chi connectivity index (χ2v) is 12.8. The molecule has 1 unspecified atom stereocenters. The van der Waals surface area contributed by atoms with Crippen molar-refractivity contribution in [1.82, 2.24) is 15.2 Å². The number of amides is 1. The van der Waals surface area contributed by atoms with E-state index in [2.05, 4.69) is 15.2 Å². The molecule has 194 valence electrons. The Bertz CT molecular complexity index is 1620. The van der Waals surface area contributed by atoms with Crippen molar-refractivity contribution >= 4 is 86.1 Å². The van der Waals surface area contributed by atoms with Crippen LogP contribution in [-0.4, -0.2) is 32.0 Å². The van der Waals surface area contributed by atoms with Gasteiger partial charge in [-0.05, 0) is 43.2 Å². The van der Waals surface area contributed by atoms with E-state index in [1.54, 1.807) is 32.0 Å². The molecule has 5 rings (SSSR count). The Kier molecular flexibility index (Phi) is 7.82. The SMILES string of the molecule is Cc1nc(C)c(C(=O)C2=C(O)C(=O)N(c3nnc(SCc4ccccc4Cl)s3)C2c2ccc(Cl)c(Cl)c2)s1. The van der Waals surface area contributed by atoms with Gasteiger partial charge in [0.15, 0.2) is 10.1 Å². The van der Waals surface area contributed by atoms with Crippen LogP contribution >= 0.6 is 69.2 Å².